The molecule has 1 aliphatic rings. The monoisotopic (exact) mass is 428 g/mol. The molecule has 0 saturated carbocycles. The Hall–Kier alpha value is -2.93. The normalized spacial score (nSPS) is 18.8. The molecule has 0 spiro atoms. The number of hydrogen-bond donors (Lipinski definition) is 2. The summed E-state index contributed by atoms with van der Waals surface area (Å²) in [6.45, 7) is 5.12. The number of nitrogens with one attached hydrogen (secondary N) is 2. The summed E-state index contributed by atoms with van der Waals surface area (Å²) >= 11 is 0. The van der Waals surface area contributed by atoms with Crippen molar-refractivity contribution in [2.45, 2.75) is 38.4 Å². The molecule has 1 fully saturated rings. The lowest BCUT2D eigenvalue weighted by molar-refractivity contribution is -0.162. The zero-order valence-electron chi connectivity index (χ0n) is 17.9. The Kier molecular flexibility index (Phi) is 7.63. The van der Waals surface area contributed by atoms with Gasteiger partial charge in [0.25, 0.3) is 0 Å². The second kappa shape index (κ2) is 10.4. The molecular weight excluding hydrogens is 399 g/mol. The zero-order chi connectivity index (χ0) is 22.3. The molecule has 1 saturated heterocycles. The van der Waals surface area contributed by atoms with Crippen LogP contribution in [-0.2, 0) is 20.9 Å². The third-order valence-electron chi connectivity index (χ3n) is 5.33. The minimum absolute atomic E-state index is 0.0959. The first-order valence-electron chi connectivity index (χ1n) is 10.5. The number of hydrogen-bond acceptors (Lipinski definition) is 5. The van der Waals surface area contributed by atoms with E-state index in [-0.39, 0.29) is 36.8 Å². The molecule has 166 valence electrons. The molecule has 2 aromatic carbocycles. The smallest absolute Gasteiger partial charge is 0.407 e. The van der Waals surface area contributed by atoms with Crippen LogP contribution in [0.15, 0.2) is 54.6 Å². The molecule has 31 heavy (non-hydrogen) atoms. The van der Waals surface area contributed by atoms with Gasteiger partial charge < -0.3 is 20.1 Å². The SMILES string of the molecule is CC(C)(CNC(=O)OCc1ccccc1)OC(=O)[C@H]1CCNC[C@@H]1c1ccc(F)cc1. The summed E-state index contributed by atoms with van der Waals surface area (Å²) in [5, 5.41) is 5.95. The molecule has 2 N–H and O–H groups in total. The third-order valence-corrected chi connectivity index (χ3v) is 5.33. The fraction of sp³-hybridized carbons (Fsp3) is 0.417. The largest absolute Gasteiger partial charge is 0.458 e. The van der Waals surface area contributed by atoms with Crippen LogP contribution in [0.3, 0.4) is 0 Å². The molecule has 0 unspecified atom stereocenters. The van der Waals surface area contributed by atoms with Crippen LogP contribution < -0.4 is 10.6 Å². The van der Waals surface area contributed by atoms with Gasteiger partial charge in [-0.1, -0.05) is 42.5 Å². The van der Waals surface area contributed by atoms with Gasteiger partial charge in [-0.15, -0.1) is 0 Å². The van der Waals surface area contributed by atoms with E-state index in [0.29, 0.717) is 19.5 Å². The molecule has 2 aromatic rings. The van der Waals surface area contributed by atoms with Crippen LogP contribution in [0.25, 0.3) is 0 Å². The molecule has 1 heterocycles. The molecule has 2 atom stereocenters. The van der Waals surface area contributed by atoms with Crippen LogP contribution in [0.1, 0.15) is 37.3 Å². The summed E-state index contributed by atoms with van der Waals surface area (Å²) < 4.78 is 24.2. The Morgan fingerprint density at radius 2 is 1.84 bits per heavy atom. The van der Waals surface area contributed by atoms with Crippen molar-refractivity contribution in [1.82, 2.24) is 10.6 Å². The lowest BCUT2D eigenvalue weighted by Crippen LogP contribution is -2.46. The summed E-state index contributed by atoms with van der Waals surface area (Å²) in [5.41, 5.74) is 0.887. The molecule has 1 amide bonds. The van der Waals surface area contributed by atoms with Crippen molar-refractivity contribution < 1.29 is 23.5 Å². The number of ether oxygens (including phenoxy) is 2. The van der Waals surface area contributed by atoms with Crippen LogP contribution >= 0.6 is 0 Å². The number of piperidine rings is 1. The molecule has 3 rings (SSSR count). The third kappa shape index (κ3) is 6.79. The van der Waals surface area contributed by atoms with Crippen LogP contribution in [0, 0.1) is 11.7 Å². The first-order chi connectivity index (χ1) is 14.8. The van der Waals surface area contributed by atoms with Gasteiger partial charge in [-0.2, -0.15) is 0 Å². The van der Waals surface area contributed by atoms with E-state index in [2.05, 4.69) is 10.6 Å². The van der Waals surface area contributed by atoms with Gasteiger partial charge >= 0.3 is 12.1 Å². The van der Waals surface area contributed by atoms with Crippen LogP contribution in [0.2, 0.25) is 0 Å². The van der Waals surface area contributed by atoms with Crippen molar-refractivity contribution in [3.8, 4) is 0 Å². The quantitative estimate of drug-likeness (QED) is 0.657. The van der Waals surface area contributed by atoms with Crippen molar-refractivity contribution in [2.24, 2.45) is 5.92 Å². The Bertz CT molecular complexity index is 871. The van der Waals surface area contributed by atoms with Gasteiger partial charge in [-0.3, -0.25) is 4.79 Å². The first-order valence-corrected chi connectivity index (χ1v) is 10.5. The minimum atomic E-state index is -0.902. The van der Waals surface area contributed by atoms with E-state index in [4.69, 9.17) is 9.47 Å². The van der Waals surface area contributed by atoms with Gasteiger partial charge in [0, 0.05) is 12.5 Å². The second-order valence-corrected chi connectivity index (χ2v) is 8.35. The lowest BCUT2D eigenvalue weighted by Gasteiger charge is -2.34. The van der Waals surface area contributed by atoms with E-state index in [9.17, 15) is 14.0 Å². The van der Waals surface area contributed by atoms with E-state index in [1.165, 1.54) is 12.1 Å². The maximum Gasteiger partial charge on any atom is 0.407 e. The highest BCUT2D eigenvalue weighted by Crippen LogP contribution is 2.31. The lowest BCUT2D eigenvalue weighted by atomic mass is 9.81. The predicted molar refractivity (Wildman–Crippen MR) is 115 cm³/mol. The van der Waals surface area contributed by atoms with E-state index in [1.807, 2.05) is 30.3 Å². The summed E-state index contributed by atoms with van der Waals surface area (Å²) in [6, 6.07) is 15.6. The van der Waals surface area contributed by atoms with Gasteiger partial charge in [-0.05, 0) is 50.1 Å². The summed E-state index contributed by atoms with van der Waals surface area (Å²) in [7, 11) is 0. The summed E-state index contributed by atoms with van der Waals surface area (Å²) in [5.74, 6) is -1.06. The molecule has 0 radical (unpaired) electrons. The van der Waals surface area contributed by atoms with Crippen LogP contribution in [0.4, 0.5) is 9.18 Å². The molecular formula is C24H29FN2O4. The number of halogens is 1. The Balaban J connectivity index is 1.52. The number of rotatable bonds is 7. The average molecular weight is 429 g/mol. The van der Waals surface area contributed by atoms with Crippen molar-refractivity contribution >= 4 is 12.1 Å². The zero-order valence-corrected chi connectivity index (χ0v) is 17.9. The van der Waals surface area contributed by atoms with Crippen LogP contribution in [0.5, 0.6) is 0 Å². The standard InChI is InChI=1S/C24H29FN2O4/c1-24(2,16-27-23(29)30-15-17-6-4-3-5-7-17)31-22(28)20-12-13-26-14-21(20)18-8-10-19(25)11-9-18/h3-11,20-21,26H,12-16H2,1-2H3,(H,27,29)/t20-,21+/m0/s1. The highest BCUT2D eigenvalue weighted by atomic mass is 19.1. The molecule has 0 bridgehead atoms. The minimum Gasteiger partial charge on any atom is -0.458 e. The number of alkyl carbamates (subject to hydrolysis) is 1. The maximum atomic E-state index is 13.3. The van der Waals surface area contributed by atoms with Gasteiger partial charge in [-0.25, -0.2) is 9.18 Å². The highest BCUT2D eigenvalue weighted by Gasteiger charge is 2.36. The van der Waals surface area contributed by atoms with E-state index < -0.39 is 11.7 Å². The van der Waals surface area contributed by atoms with Crippen molar-refractivity contribution in [3.05, 3.63) is 71.5 Å². The number of carbonyl (C=O) groups excluding carboxylic acids is 2. The van der Waals surface area contributed by atoms with Gasteiger partial charge in [0.2, 0.25) is 0 Å². The average Bonchev–Trinajstić information content (AvgIpc) is 2.77. The second-order valence-electron chi connectivity index (χ2n) is 8.35. The van der Waals surface area contributed by atoms with Crippen molar-refractivity contribution in [1.29, 1.82) is 0 Å². The summed E-state index contributed by atoms with van der Waals surface area (Å²) in [4.78, 5) is 25.0. The highest BCUT2D eigenvalue weighted by molar-refractivity contribution is 5.74. The first kappa shape index (κ1) is 22.7. The molecule has 7 heteroatoms. The maximum absolute atomic E-state index is 13.3. The fourth-order valence-corrected chi connectivity index (χ4v) is 3.64. The number of benzene rings is 2. The molecule has 0 aromatic heterocycles. The van der Waals surface area contributed by atoms with E-state index in [0.717, 1.165) is 11.1 Å². The van der Waals surface area contributed by atoms with Crippen LogP contribution in [-0.4, -0.2) is 37.3 Å². The van der Waals surface area contributed by atoms with Crippen molar-refractivity contribution in [3.63, 3.8) is 0 Å². The molecule has 6 nitrogen and oxygen atoms in total. The molecule has 0 aliphatic carbocycles. The summed E-state index contributed by atoms with van der Waals surface area (Å²) in [6.07, 6.45) is 0.0581. The fourth-order valence-electron chi connectivity index (χ4n) is 3.64. The van der Waals surface area contributed by atoms with Gasteiger partial charge in [0.05, 0.1) is 12.5 Å². The predicted octanol–water partition coefficient (Wildman–Crippen LogP) is 3.77. The Morgan fingerprint density at radius 3 is 2.55 bits per heavy atom. The number of esters is 1. The van der Waals surface area contributed by atoms with E-state index in [1.54, 1.807) is 26.0 Å². The van der Waals surface area contributed by atoms with E-state index >= 15 is 0 Å². The topological polar surface area (TPSA) is 76.7 Å². The van der Waals surface area contributed by atoms with Gasteiger partial charge in [0.15, 0.2) is 0 Å². The molecule has 1 aliphatic heterocycles. The van der Waals surface area contributed by atoms with Gasteiger partial charge in [0.1, 0.15) is 18.0 Å². The van der Waals surface area contributed by atoms with Crippen molar-refractivity contribution in [2.75, 3.05) is 19.6 Å². The number of carbonyl (C=O) groups is 2. The number of amides is 1. The Labute approximate surface area is 182 Å². The Morgan fingerprint density at radius 1 is 1.13 bits per heavy atom.